The van der Waals surface area contributed by atoms with Gasteiger partial charge in [-0.3, -0.25) is 4.79 Å². The maximum absolute atomic E-state index is 12.9. The number of carbonyl (C=O) groups excluding carboxylic acids is 1. The van der Waals surface area contributed by atoms with E-state index in [-0.39, 0.29) is 12.7 Å². The lowest BCUT2D eigenvalue weighted by Gasteiger charge is -2.35. The average molecular weight is 371 g/mol. The van der Waals surface area contributed by atoms with Crippen molar-refractivity contribution < 1.29 is 14.3 Å². The minimum Gasteiger partial charge on any atom is -0.454 e. The van der Waals surface area contributed by atoms with Crippen LogP contribution in [0.4, 0.5) is 0 Å². The number of piperidine rings is 1. The molecule has 3 aliphatic heterocycles. The summed E-state index contributed by atoms with van der Waals surface area (Å²) >= 11 is 1.43. The van der Waals surface area contributed by atoms with Crippen molar-refractivity contribution in [3.8, 4) is 22.1 Å². The molecule has 1 amide bonds. The van der Waals surface area contributed by atoms with Crippen molar-refractivity contribution in [2.45, 2.75) is 43.8 Å². The number of nitrogens with zero attached hydrogens (tertiary/aromatic N) is 2. The zero-order valence-electron chi connectivity index (χ0n) is 14.6. The second-order valence-electron chi connectivity index (χ2n) is 7.28. The number of hydrogen-bond acceptors (Lipinski definition) is 6. The molecule has 6 nitrogen and oxygen atoms in total. The van der Waals surface area contributed by atoms with Crippen LogP contribution >= 0.6 is 11.3 Å². The number of rotatable bonds is 3. The van der Waals surface area contributed by atoms with E-state index in [0.717, 1.165) is 34.9 Å². The van der Waals surface area contributed by atoms with Crippen molar-refractivity contribution >= 4 is 17.2 Å². The molecule has 2 fully saturated rings. The molecule has 3 aliphatic rings. The molecule has 1 aromatic heterocycles. The molecule has 5 rings (SSSR count). The Labute approximate surface area is 156 Å². The van der Waals surface area contributed by atoms with Gasteiger partial charge in [0.2, 0.25) is 6.79 Å². The second kappa shape index (κ2) is 6.25. The molecule has 0 aliphatic carbocycles. The van der Waals surface area contributed by atoms with E-state index < -0.39 is 0 Å². The first-order valence-electron chi connectivity index (χ1n) is 9.06. The van der Waals surface area contributed by atoms with Crippen LogP contribution in [0.2, 0.25) is 0 Å². The van der Waals surface area contributed by atoms with E-state index in [1.807, 2.05) is 30.1 Å². The zero-order valence-corrected chi connectivity index (χ0v) is 15.4. The van der Waals surface area contributed by atoms with E-state index >= 15 is 0 Å². The van der Waals surface area contributed by atoms with E-state index in [1.54, 1.807) is 6.20 Å². The van der Waals surface area contributed by atoms with E-state index in [0.29, 0.717) is 23.0 Å². The fourth-order valence-electron chi connectivity index (χ4n) is 4.22. The number of fused-ring (bicyclic) bond motifs is 3. The standard InChI is InChI=1S/C19H21N3O3S/c1-22(14-7-12-3-4-13(8-14)21-12)19(23)17-9-20-18(26-17)11-2-5-15-16(6-11)25-10-24-15/h2,5-6,9,12-14,21H,3-4,7-8,10H2,1H3. The first kappa shape index (κ1) is 16.1. The van der Waals surface area contributed by atoms with Crippen LogP contribution in [-0.4, -0.2) is 47.8 Å². The van der Waals surface area contributed by atoms with Crippen molar-refractivity contribution in [2.24, 2.45) is 0 Å². The highest BCUT2D eigenvalue weighted by molar-refractivity contribution is 7.16. The second-order valence-corrected chi connectivity index (χ2v) is 8.31. The van der Waals surface area contributed by atoms with Gasteiger partial charge in [0.25, 0.3) is 5.91 Å². The molecule has 2 bridgehead atoms. The number of ether oxygens (including phenoxy) is 2. The molecule has 2 saturated heterocycles. The average Bonchev–Trinajstić information content (AvgIpc) is 3.39. The zero-order chi connectivity index (χ0) is 17.7. The summed E-state index contributed by atoms with van der Waals surface area (Å²) in [6.07, 6.45) is 6.26. The lowest BCUT2D eigenvalue weighted by Crippen LogP contribution is -2.48. The Morgan fingerprint density at radius 3 is 2.81 bits per heavy atom. The summed E-state index contributed by atoms with van der Waals surface area (Å²) in [7, 11) is 1.93. The highest BCUT2D eigenvalue weighted by Gasteiger charge is 2.36. The van der Waals surface area contributed by atoms with Crippen LogP contribution in [0, 0.1) is 0 Å². The van der Waals surface area contributed by atoms with E-state index in [2.05, 4.69) is 10.3 Å². The van der Waals surface area contributed by atoms with Crippen molar-refractivity contribution in [2.75, 3.05) is 13.8 Å². The number of nitrogens with one attached hydrogen (secondary N) is 1. The molecule has 0 radical (unpaired) electrons. The molecule has 0 saturated carbocycles. The van der Waals surface area contributed by atoms with E-state index in [9.17, 15) is 4.79 Å². The Morgan fingerprint density at radius 2 is 2.00 bits per heavy atom. The number of hydrogen-bond donors (Lipinski definition) is 1. The third-order valence-corrected chi connectivity index (χ3v) is 6.69. The molecule has 2 aromatic rings. The van der Waals surface area contributed by atoms with E-state index in [1.165, 1.54) is 24.2 Å². The largest absolute Gasteiger partial charge is 0.454 e. The monoisotopic (exact) mass is 371 g/mol. The molecule has 4 heterocycles. The maximum Gasteiger partial charge on any atom is 0.265 e. The van der Waals surface area contributed by atoms with Crippen LogP contribution in [0.15, 0.2) is 24.4 Å². The van der Waals surface area contributed by atoms with Gasteiger partial charge >= 0.3 is 0 Å². The summed E-state index contributed by atoms with van der Waals surface area (Å²) in [4.78, 5) is 20.0. The first-order chi connectivity index (χ1) is 12.7. The minimum absolute atomic E-state index is 0.0702. The van der Waals surface area contributed by atoms with Gasteiger partial charge in [-0.05, 0) is 43.9 Å². The van der Waals surface area contributed by atoms with Gasteiger partial charge in [-0.25, -0.2) is 4.98 Å². The Bertz CT molecular complexity index is 840. The Balaban J connectivity index is 1.34. The van der Waals surface area contributed by atoms with Gasteiger partial charge in [0.05, 0.1) is 6.20 Å². The SMILES string of the molecule is CN(C(=O)c1cnc(-c2ccc3c(c2)OCO3)s1)C1CC2CCC(C1)N2. The third kappa shape index (κ3) is 2.75. The summed E-state index contributed by atoms with van der Waals surface area (Å²) in [5.74, 6) is 1.55. The van der Waals surface area contributed by atoms with Crippen LogP contribution < -0.4 is 14.8 Å². The summed E-state index contributed by atoms with van der Waals surface area (Å²) in [6.45, 7) is 0.253. The van der Waals surface area contributed by atoms with Gasteiger partial charge in [-0.15, -0.1) is 11.3 Å². The molecule has 2 unspecified atom stereocenters. The number of amides is 1. The number of benzene rings is 1. The van der Waals surface area contributed by atoms with Gasteiger partial charge in [0.1, 0.15) is 9.88 Å². The number of thiazole rings is 1. The summed E-state index contributed by atoms with van der Waals surface area (Å²) in [6, 6.07) is 7.22. The van der Waals surface area contributed by atoms with Crippen LogP contribution in [0.5, 0.6) is 11.5 Å². The van der Waals surface area contributed by atoms with Gasteiger partial charge in [0, 0.05) is 30.7 Å². The van der Waals surface area contributed by atoms with Crippen molar-refractivity contribution in [1.29, 1.82) is 0 Å². The van der Waals surface area contributed by atoms with Crippen molar-refractivity contribution in [3.63, 3.8) is 0 Å². The third-order valence-electron chi connectivity index (χ3n) is 5.65. The maximum atomic E-state index is 12.9. The number of aromatic nitrogens is 1. The predicted octanol–water partition coefficient (Wildman–Crippen LogP) is 2.89. The van der Waals surface area contributed by atoms with Gasteiger partial charge in [-0.1, -0.05) is 0 Å². The van der Waals surface area contributed by atoms with Gasteiger partial charge in [0.15, 0.2) is 11.5 Å². The molecule has 1 N–H and O–H groups in total. The molecular formula is C19H21N3O3S. The molecule has 136 valence electrons. The Kier molecular flexibility index (Phi) is 3.86. The molecule has 2 atom stereocenters. The molecule has 7 heteroatoms. The Morgan fingerprint density at radius 1 is 1.23 bits per heavy atom. The summed E-state index contributed by atoms with van der Waals surface area (Å²) < 4.78 is 10.8. The number of carbonyl (C=O) groups is 1. The fraction of sp³-hybridized carbons (Fsp3) is 0.474. The lowest BCUT2D eigenvalue weighted by atomic mass is 9.98. The minimum atomic E-state index is 0.0702. The highest BCUT2D eigenvalue weighted by atomic mass is 32.1. The van der Waals surface area contributed by atoms with Gasteiger partial charge in [-0.2, -0.15) is 0 Å². The Hall–Kier alpha value is -2.12. The predicted molar refractivity (Wildman–Crippen MR) is 98.7 cm³/mol. The first-order valence-corrected chi connectivity index (χ1v) is 9.88. The molecular weight excluding hydrogens is 350 g/mol. The normalized spacial score (nSPS) is 26.1. The van der Waals surface area contributed by atoms with Crippen molar-refractivity contribution in [1.82, 2.24) is 15.2 Å². The molecule has 1 aromatic carbocycles. The smallest absolute Gasteiger partial charge is 0.265 e. The van der Waals surface area contributed by atoms with Crippen molar-refractivity contribution in [3.05, 3.63) is 29.3 Å². The van der Waals surface area contributed by atoms with Crippen LogP contribution in [-0.2, 0) is 0 Å². The van der Waals surface area contributed by atoms with Crippen LogP contribution in [0.3, 0.4) is 0 Å². The topological polar surface area (TPSA) is 63.7 Å². The van der Waals surface area contributed by atoms with Gasteiger partial charge < -0.3 is 19.7 Å². The quantitative estimate of drug-likeness (QED) is 0.899. The summed E-state index contributed by atoms with van der Waals surface area (Å²) in [5, 5.41) is 4.45. The van der Waals surface area contributed by atoms with E-state index in [4.69, 9.17) is 9.47 Å². The van der Waals surface area contributed by atoms with Crippen LogP contribution in [0.25, 0.3) is 10.6 Å². The fourth-order valence-corrected chi connectivity index (χ4v) is 5.11. The van der Waals surface area contributed by atoms with Crippen LogP contribution in [0.1, 0.15) is 35.4 Å². The summed E-state index contributed by atoms with van der Waals surface area (Å²) in [5.41, 5.74) is 0.945. The molecule has 0 spiro atoms. The lowest BCUT2D eigenvalue weighted by molar-refractivity contribution is 0.0686. The highest BCUT2D eigenvalue weighted by Crippen LogP contribution is 2.37. The molecule has 26 heavy (non-hydrogen) atoms.